The number of pyridine rings is 1. The lowest BCUT2D eigenvalue weighted by Crippen LogP contribution is -2.13. The van der Waals surface area contributed by atoms with Gasteiger partial charge < -0.3 is 4.74 Å². The Bertz CT molecular complexity index is 1110. The predicted octanol–water partition coefficient (Wildman–Crippen LogP) is 4.09. The lowest BCUT2D eigenvalue weighted by atomic mass is 9.98. The van der Waals surface area contributed by atoms with Gasteiger partial charge in [-0.1, -0.05) is 60.7 Å². The van der Waals surface area contributed by atoms with Crippen LogP contribution in [0.15, 0.2) is 73.1 Å². The van der Waals surface area contributed by atoms with Gasteiger partial charge in [0.15, 0.2) is 5.65 Å². The fourth-order valence-electron chi connectivity index (χ4n) is 3.64. The summed E-state index contributed by atoms with van der Waals surface area (Å²) in [7, 11) is 1.40. The van der Waals surface area contributed by atoms with Crippen molar-refractivity contribution in [3.05, 3.63) is 101 Å². The molecule has 5 nitrogen and oxygen atoms in total. The van der Waals surface area contributed by atoms with E-state index in [1.807, 2.05) is 36.4 Å². The van der Waals surface area contributed by atoms with Gasteiger partial charge in [-0.25, -0.2) is 14.3 Å². The van der Waals surface area contributed by atoms with E-state index in [4.69, 9.17) is 4.74 Å². The Kier molecular flexibility index (Phi) is 5.66. The van der Waals surface area contributed by atoms with E-state index >= 15 is 0 Å². The van der Waals surface area contributed by atoms with Crippen molar-refractivity contribution in [2.24, 2.45) is 0 Å². The average molecular weight is 385 g/mol. The Balaban J connectivity index is 1.70. The molecule has 0 unspecified atom stereocenters. The molecule has 0 amide bonds. The SMILES string of the molecule is COC(=O)c1c(CCc2ccccc2)cc(CCc2ccccc2)n2ncnc12. The van der Waals surface area contributed by atoms with Gasteiger partial charge in [0.2, 0.25) is 0 Å². The van der Waals surface area contributed by atoms with Crippen LogP contribution in [0.25, 0.3) is 5.65 Å². The molecule has 4 aromatic rings. The Hall–Kier alpha value is -3.47. The molecule has 2 aromatic carbocycles. The first-order chi connectivity index (χ1) is 14.3. The number of rotatable bonds is 7. The van der Waals surface area contributed by atoms with Crippen LogP contribution in [0.5, 0.6) is 0 Å². The highest BCUT2D eigenvalue weighted by Crippen LogP contribution is 2.22. The fourth-order valence-corrected chi connectivity index (χ4v) is 3.64. The molecule has 2 heterocycles. The highest BCUT2D eigenvalue weighted by atomic mass is 16.5. The maximum atomic E-state index is 12.5. The van der Waals surface area contributed by atoms with E-state index in [1.165, 1.54) is 24.6 Å². The molecule has 0 aliphatic carbocycles. The molecule has 0 aliphatic heterocycles. The molecule has 2 aromatic heterocycles. The minimum atomic E-state index is -0.374. The van der Waals surface area contributed by atoms with Crippen LogP contribution in [0.2, 0.25) is 0 Å². The zero-order valence-electron chi connectivity index (χ0n) is 16.4. The fraction of sp³-hybridized carbons (Fsp3) is 0.208. The van der Waals surface area contributed by atoms with Crippen LogP contribution in [0.3, 0.4) is 0 Å². The molecule has 29 heavy (non-hydrogen) atoms. The van der Waals surface area contributed by atoms with E-state index < -0.39 is 0 Å². The molecular weight excluding hydrogens is 362 g/mol. The first-order valence-electron chi connectivity index (χ1n) is 9.77. The quantitative estimate of drug-likeness (QED) is 0.450. The summed E-state index contributed by atoms with van der Waals surface area (Å²) < 4.78 is 6.82. The van der Waals surface area contributed by atoms with Crippen LogP contribution in [0.4, 0.5) is 0 Å². The van der Waals surface area contributed by atoms with Crippen LogP contribution in [0.1, 0.15) is 32.7 Å². The van der Waals surface area contributed by atoms with Gasteiger partial charge in [-0.15, -0.1) is 0 Å². The maximum absolute atomic E-state index is 12.5. The Morgan fingerprint density at radius 1 is 0.897 bits per heavy atom. The van der Waals surface area contributed by atoms with Crippen molar-refractivity contribution in [3.8, 4) is 0 Å². The number of aromatic nitrogens is 3. The van der Waals surface area contributed by atoms with Gasteiger partial charge in [0.05, 0.1) is 7.11 Å². The Morgan fingerprint density at radius 3 is 2.14 bits per heavy atom. The highest BCUT2D eigenvalue weighted by Gasteiger charge is 2.21. The molecule has 0 atom stereocenters. The normalized spacial score (nSPS) is 10.9. The Labute approximate surface area is 170 Å². The maximum Gasteiger partial charge on any atom is 0.342 e. The van der Waals surface area contributed by atoms with Crippen LogP contribution in [-0.2, 0) is 30.4 Å². The Morgan fingerprint density at radius 2 is 1.52 bits per heavy atom. The van der Waals surface area contributed by atoms with Crippen molar-refractivity contribution < 1.29 is 9.53 Å². The van der Waals surface area contributed by atoms with Crippen LogP contribution >= 0.6 is 0 Å². The number of methoxy groups -OCH3 is 1. The number of carbonyl (C=O) groups is 1. The number of benzene rings is 2. The van der Waals surface area contributed by atoms with E-state index in [1.54, 1.807) is 4.52 Å². The molecule has 0 N–H and O–H groups in total. The van der Waals surface area contributed by atoms with Gasteiger partial charge in [-0.3, -0.25) is 0 Å². The summed E-state index contributed by atoms with van der Waals surface area (Å²) in [6, 6.07) is 22.7. The molecule has 0 aliphatic rings. The van der Waals surface area contributed by atoms with E-state index in [0.717, 1.165) is 36.9 Å². The van der Waals surface area contributed by atoms with Gasteiger partial charge in [-0.2, -0.15) is 5.10 Å². The summed E-state index contributed by atoms with van der Waals surface area (Å²) in [4.78, 5) is 16.9. The predicted molar refractivity (Wildman–Crippen MR) is 112 cm³/mol. The third-order valence-corrected chi connectivity index (χ3v) is 5.13. The first kappa shape index (κ1) is 18.9. The number of fused-ring (bicyclic) bond motifs is 1. The number of aryl methyl sites for hydroxylation is 4. The monoisotopic (exact) mass is 385 g/mol. The minimum absolute atomic E-state index is 0.374. The second-order valence-corrected chi connectivity index (χ2v) is 6.99. The summed E-state index contributed by atoms with van der Waals surface area (Å²) in [5.74, 6) is -0.374. The minimum Gasteiger partial charge on any atom is -0.465 e. The van der Waals surface area contributed by atoms with Crippen LogP contribution < -0.4 is 0 Å². The molecular formula is C24H23N3O2. The van der Waals surface area contributed by atoms with Gasteiger partial charge in [-0.05, 0) is 48.4 Å². The summed E-state index contributed by atoms with van der Waals surface area (Å²) in [6.45, 7) is 0. The van der Waals surface area contributed by atoms with Gasteiger partial charge in [0.25, 0.3) is 0 Å². The van der Waals surface area contributed by atoms with Crippen molar-refractivity contribution in [1.82, 2.24) is 14.6 Å². The molecule has 0 radical (unpaired) electrons. The number of esters is 1. The molecule has 5 heteroatoms. The second kappa shape index (κ2) is 8.69. The van der Waals surface area contributed by atoms with Crippen LogP contribution in [-0.4, -0.2) is 27.7 Å². The molecule has 0 saturated carbocycles. The van der Waals surface area contributed by atoms with Crippen molar-refractivity contribution in [2.45, 2.75) is 25.7 Å². The average Bonchev–Trinajstić information content (AvgIpc) is 3.26. The zero-order chi connectivity index (χ0) is 20.1. The number of nitrogens with zero attached hydrogens (tertiary/aromatic N) is 3. The van der Waals surface area contributed by atoms with Crippen LogP contribution in [0, 0.1) is 0 Å². The summed E-state index contributed by atoms with van der Waals surface area (Å²) >= 11 is 0. The highest BCUT2D eigenvalue weighted by molar-refractivity contribution is 5.97. The second-order valence-electron chi connectivity index (χ2n) is 6.99. The molecule has 0 spiro atoms. The van der Waals surface area contributed by atoms with Crippen molar-refractivity contribution >= 4 is 11.6 Å². The summed E-state index contributed by atoms with van der Waals surface area (Å²) in [5.41, 5.74) is 5.55. The smallest absolute Gasteiger partial charge is 0.342 e. The van der Waals surface area contributed by atoms with E-state index in [-0.39, 0.29) is 5.97 Å². The number of hydrogen-bond donors (Lipinski definition) is 0. The first-order valence-corrected chi connectivity index (χ1v) is 9.77. The third-order valence-electron chi connectivity index (χ3n) is 5.13. The largest absolute Gasteiger partial charge is 0.465 e. The lowest BCUT2D eigenvalue weighted by Gasteiger charge is -2.13. The van der Waals surface area contributed by atoms with Gasteiger partial charge in [0, 0.05) is 5.69 Å². The molecule has 4 rings (SSSR count). The topological polar surface area (TPSA) is 56.5 Å². The van der Waals surface area contributed by atoms with Gasteiger partial charge in [0.1, 0.15) is 11.9 Å². The molecule has 0 fully saturated rings. The third kappa shape index (κ3) is 4.19. The van der Waals surface area contributed by atoms with Crippen molar-refractivity contribution in [1.29, 1.82) is 0 Å². The zero-order valence-corrected chi connectivity index (χ0v) is 16.4. The summed E-state index contributed by atoms with van der Waals surface area (Å²) in [6.07, 6.45) is 4.77. The molecule has 146 valence electrons. The summed E-state index contributed by atoms with van der Waals surface area (Å²) in [5, 5.41) is 4.37. The molecule has 0 saturated heterocycles. The molecule has 0 bridgehead atoms. The number of carbonyl (C=O) groups excluding carboxylic acids is 1. The number of hydrogen-bond acceptors (Lipinski definition) is 4. The van der Waals surface area contributed by atoms with Gasteiger partial charge >= 0.3 is 5.97 Å². The van der Waals surface area contributed by atoms with Crippen molar-refractivity contribution in [3.63, 3.8) is 0 Å². The number of ether oxygens (including phenoxy) is 1. The van der Waals surface area contributed by atoms with E-state index in [0.29, 0.717) is 11.2 Å². The van der Waals surface area contributed by atoms with Crippen molar-refractivity contribution in [2.75, 3.05) is 7.11 Å². The van der Waals surface area contributed by atoms with E-state index in [9.17, 15) is 4.79 Å². The standard InChI is InChI=1S/C24H23N3O2/c1-29-24(28)22-20(14-12-18-8-4-2-5-9-18)16-21(27-23(22)25-17-26-27)15-13-19-10-6-3-7-11-19/h2-11,16-17H,12-15H2,1H3. The lowest BCUT2D eigenvalue weighted by molar-refractivity contribution is 0.0601. The van der Waals surface area contributed by atoms with E-state index in [2.05, 4.69) is 40.4 Å².